The van der Waals surface area contributed by atoms with Crippen LogP contribution in [-0.4, -0.2) is 39.6 Å². The number of anilines is 1. The molecule has 10 heteroatoms. The van der Waals surface area contributed by atoms with E-state index in [4.69, 9.17) is 9.84 Å². The highest BCUT2D eigenvalue weighted by atomic mass is 32.2. The van der Waals surface area contributed by atoms with Crippen molar-refractivity contribution < 1.29 is 22.5 Å². The summed E-state index contributed by atoms with van der Waals surface area (Å²) in [6.45, 7) is 2.82. The van der Waals surface area contributed by atoms with E-state index in [0.717, 1.165) is 36.2 Å². The number of hydrogen-bond acceptors (Lipinski definition) is 4. The molecule has 192 valence electrons. The molecule has 0 fully saturated rings. The summed E-state index contributed by atoms with van der Waals surface area (Å²) in [7, 11) is 0.377. The Morgan fingerprint density at radius 2 is 1.84 bits per heavy atom. The number of ether oxygens (including phenoxy) is 1. The normalized spacial score (nSPS) is 16.2. The third-order valence-electron chi connectivity index (χ3n) is 6.60. The van der Waals surface area contributed by atoms with Gasteiger partial charge in [0.05, 0.1) is 23.0 Å². The van der Waals surface area contributed by atoms with Crippen LogP contribution in [0, 0.1) is 11.6 Å². The Kier molecular flexibility index (Phi) is 6.68. The number of aromatic nitrogens is 2. The fourth-order valence-corrected chi connectivity index (χ4v) is 5.51. The molecular weight excluding hydrogens is 498 g/mol. The van der Waals surface area contributed by atoms with Crippen LogP contribution in [0.5, 0.6) is 11.5 Å². The lowest BCUT2D eigenvalue weighted by atomic mass is 9.96. The third kappa shape index (κ3) is 4.69. The Hall–Kier alpha value is -3.79. The van der Waals surface area contributed by atoms with Crippen LogP contribution >= 0.6 is 0 Å². The third-order valence-corrected chi connectivity index (χ3v) is 7.60. The standard InChI is InChI=1S/C27H26F2N4O3S/c1-16-5-4-12-33(37(3)35)24-15-32-23(14-20(16)24)25(27(34)30-2)26(31-32)17-6-8-18(9-7-17)36-19-10-11-21(28)22(29)13-19/h6-11,13-16H,4-5,12H2,1-3H3,(H,30,34). The van der Waals surface area contributed by atoms with Crippen molar-refractivity contribution >= 4 is 28.1 Å². The first-order valence-electron chi connectivity index (χ1n) is 11.9. The molecule has 0 bridgehead atoms. The van der Waals surface area contributed by atoms with E-state index in [9.17, 15) is 17.8 Å². The minimum absolute atomic E-state index is 0.166. The molecule has 0 aliphatic carbocycles. The Bertz CT molecular complexity index is 1520. The highest BCUT2D eigenvalue weighted by Gasteiger charge is 2.27. The Morgan fingerprint density at radius 3 is 2.51 bits per heavy atom. The Labute approximate surface area is 215 Å². The van der Waals surface area contributed by atoms with Gasteiger partial charge in [-0.05, 0) is 66.8 Å². The number of halogens is 2. The maximum absolute atomic E-state index is 13.5. The van der Waals surface area contributed by atoms with E-state index < -0.39 is 22.6 Å². The first kappa shape index (κ1) is 24.9. The minimum Gasteiger partial charge on any atom is -0.457 e. The zero-order chi connectivity index (χ0) is 26.3. The number of benzene rings is 2. The number of hydrogen-bond donors (Lipinski definition) is 1. The number of nitrogens with zero attached hydrogens (tertiary/aromatic N) is 3. The van der Waals surface area contributed by atoms with E-state index in [0.29, 0.717) is 34.6 Å². The SMILES string of the molecule is CNC(=O)c1c(-c2ccc(Oc3ccc(F)c(F)c3)cc2)nn2cc3c(cc12)C(C)CCCN3S(C)=O. The highest BCUT2D eigenvalue weighted by Crippen LogP contribution is 2.38. The summed E-state index contributed by atoms with van der Waals surface area (Å²) in [4.78, 5) is 13.0. The van der Waals surface area contributed by atoms with Gasteiger partial charge in [0.2, 0.25) is 0 Å². The molecular formula is C27H26F2N4O3S. The monoisotopic (exact) mass is 524 g/mol. The van der Waals surface area contributed by atoms with Crippen LogP contribution < -0.4 is 14.4 Å². The number of nitrogens with one attached hydrogen (secondary N) is 1. The average Bonchev–Trinajstić information content (AvgIpc) is 3.17. The van der Waals surface area contributed by atoms with Crippen molar-refractivity contribution in [3.63, 3.8) is 0 Å². The molecule has 7 nitrogen and oxygen atoms in total. The molecule has 4 aromatic rings. The van der Waals surface area contributed by atoms with E-state index >= 15 is 0 Å². The first-order valence-corrected chi connectivity index (χ1v) is 13.4. The lowest BCUT2D eigenvalue weighted by molar-refractivity contribution is 0.0965. The predicted molar refractivity (Wildman–Crippen MR) is 140 cm³/mol. The van der Waals surface area contributed by atoms with Crippen LogP contribution in [0.2, 0.25) is 0 Å². The van der Waals surface area contributed by atoms with Crippen LogP contribution in [0.15, 0.2) is 54.7 Å². The summed E-state index contributed by atoms with van der Waals surface area (Å²) in [5.41, 5.74) is 4.14. The van der Waals surface area contributed by atoms with Crippen molar-refractivity contribution in [1.29, 1.82) is 0 Å². The molecule has 1 aliphatic rings. The molecule has 3 heterocycles. The average molecular weight is 525 g/mol. The van der Waals surface area contributed by atoms with Gasteiger partial charge in [-0.1, -0.05) is 6.92 Å². The van der Waals surface area contributed by atoms with Gasteiger partial charge < -0.3 is 10.1 Å². The van der Waals surface area contributed by atoms with Crippen molar-refractivity contribution in [3.8, 4) is 22.8 Å². The van der Waals surface area contributed by atoms with Gasteiger partial charge in [0, 0.05) is 31.5 Å². The van der Waals surface area contributed by atoms with Crippen LogP contribution in [0.25, 0.3) is 16.8 Å². The second kappa shape index (κ2) is 9.93. The summed E-state index contributed by atoms with van der Waals surface area (Å²) in [6, 6.07) is 12.2. The largest absolute Gasteiger partial charge is 0.457 e. The minimum atomic E-state index is -1.20. The van der Waals surface area contributed by atoms with Gasteiger partial charge in [-0.25, -0.2) is 17.5 Å². The maximum Gasteiger partial charge on any atom is 0.255 e. The second-order valence-electron chi connectivity index (χ2n) is 9.02. The van der Waals surface area contributed by atoms with E-state index in [1.807, 2.05) is 16.6 Å². The number of amides is 1. The quantitative estimate of drug-likeness (QED) is 0.378. The molecule has 0 saturated heterocycles. The second-order valence-corrected chi connectivity index (χ2v) is 10.3. The first-order chi connectivity index (χ1) is 17.8. The zero-order valence-electron chi connectivity index (χ0n) is 20.6. The van der Waals surface area contributed by atoms with E-state index in [2.05, 4.69) is 12.2 Å². The van der Waals surface area contributed by atoms with Crippen LogP contribution in [0.3, 0.4) is 0 Å². The Balaban J connectivity index is 1.58. The van der Waals surface area contributed by atoms with Gasteiger partial charge in [0.1, 0.15) is 28.2 Å². The van der Waals surface area contributed by atoms with Gasteiger partial charge in [-0.2, -0.15) is 5.10 Å². The topological polar surface area (TPSA) is 75.9 Å². The molecule has 2 unspecified atom stereocenters. The fraction of sp³-hybridized carbons (Fsp3) is 0.259. The highest BCUT2D eigenvalue weighted by molar-refractivity contribution is 7.85. The number of rotatable bonds is 5. The van der Waals surface area contributed by atoms with E-state index in [1.165, 1.54) is 6.07 Å². The molecule has 0 spiro atoms. The van der Waals surface area contributed by atoms with E-state index in [-0.39, 0.29) is 17.6 Å². The lowest BCUT2D eigenvalue weighted by Gasteiger charge is -2.22. The fourth-order valence-electron chi connectivity index (χ4n) is 4.69. The molecule has 2 aromatic heterocycles. The summed E-state index contributed by atoms with van der Waals surface area (Å²) in [5, 5.41) is 7.45. The predicted octanol–water partition coefficient (Wildman–Crippen LogP) is 5.43. The maximum atomic E-state index is 13.5. The molecule has 2 atom stereocenters. The van der Waals surface area contributed by atoms with Crippen molar-refractivity contribution in [2.24, 2.45) is 0 Å². The summed E-state index contributed by atoms with van der Waals surface area (Å²) < 4.78 is 48.4. The van der Waals surface area contributed by atoms with Crippen LogP contribution in [0.4, 0.5) is 14.5 Å². The zero-order valence-corrected chi connectivity index (χ0v) is 21.4. The molecule has 37 heavy (non-hydrogen) atoms. The number of pyridine rings is 1. The van der Waals surface area contributed by atoms with Gasteiger partial charge in [-0.3, -0.25) is 9.10 Å². The lowest BCUT2D eigenvalue weighted by Crippen LogP contribution is -2.26. The molecule has 1 amide bonds. The Morgan fingerprint density at radius 1 is 1.11 bits per heavy atom. The molecule has 0 saturated carbocycles. The number of carbonyl (C=O) groups excluding carboxylic acids is 1. The van der Waals surface area contributed by atoms with Gasteiger partial charge in [0.25, 0.3) is 5.91 Å². The van der Waals surface area contributed by atoms with Gasteiger partial charge in [-0.15, -0.1) is 0 Å². The van der Waals surface area contributed by atoms with E-state index in [1.54, 1.807) is 42.1 Å². The molecule has 1 aliphatic heterocycles. The molecule has 0 radical (unpaired) electrons. The van der Waals surface area contributed by atoms with Crippen LogP contribution in [0.1, 0.15) is 41.6 Å². The summed E-state index contributed by atoms with van der Waals surface area (Å²) in [5.74, 6) is -1.40. The van der Waals surface area contributed by atoms with Crippen molar-refractivity contribution in [2.75, 3.05) is 24.2 Å². The van der Waals surface area contributed by atoms with Crippen LogP contribution in [-0.2, 0) is 11.0 Å². The summed E-state index contributed by atoms with van der Waals surface area (Å²) >= 11 is 0. The number of carbonyl (C=O) groups is 1. The number of fused-ring (bicyclic) bond motifs is 2. The summed E-state index contributed by atoms with van der Waals surface area (Å²) in [6.07, 6.45) is 5.39. The van der Waals surface area contributed by atoms with Gasteiger partial charge >= 0.3 is 0 Å². The smallest absolute Gasteiger partial charge is 0.255 e. The van der Waals surface area contributed by atoms with Gasteiger partial charge in [0.15, 0.2) is 11.6 Å². The molecule has 5 rings (SSSR count). The van der Waals surface area contributed by atoms with Crippen molar-refractivity contribution in [2.45, 2.75) is 25.7 Å². The molecule has 1 N–H and O–H groups in total. The van der Waals surface area contributed by atoms with Crippen molar-refractivity contribution in [1.82, 2.24) is 14.9 Å². The van der Waals surface area contributed by atoms with Crippen molar-refractivity contribution in [3.05, 3.63) is 77.5 Å². The molecule has 2 aromatic carbocycles.